The van der Waals surface area contributed by atoms with E-state index in [1.165, 1.54) is 16.6 Å². The number of nitrogens with two attached hydrogens (primary N) is 1. The lowest BCUT2D eigenvalue weighted by molar-refractivity contribution is 0.0651. The molecule has 1 aliphatic rings. The zero-order valence-corrected chi connectivity index (χ0v) is 17.8. The van der Waals surface area contributed by atoms with Crippen molar-refractivity contribution in [1.82, 2.24) is 14.5 Å². The lowest BCUT2D eigenvalue weighted by Gasteiger charge is -2.42. The number of likely N-dealkylation sites (tertiary alicyclic amines) is 1. The number of halogens is 1. The minimum Gasteiger partial charge on any atom is -0.396 e. The Kier molecular flexibility index (Phi) is 6.88. The maximum atomic E-state index is 12.2. The molecule has 1 aliphatic heterocycles. The van der Waals surface area contributed by atoms with Crippen molar-refractivity contribution in [1.29, 1.82) is 0 Å². The highest BCUT2D eigenvalue weighted by Crippen LogP contribution is 2.35. The second-order valence-electron chi connectivity index (χ2n) is 7.07. The Hall–Kier alpha value is -1.45. The van der Waals surface area contributed by atoms with Crippen LogP contribution in [-0.2, 0) is 0 Å². The predicted octanol–water partition coefficient (Wildman–Crippen LogP) is 3.11. The molecule has 1 fully saturated rings. The van der Waals surface area contributed by atoms with E-state index >= 15 is 0 Å². The van der Waals surface area contributed by atoms with Gasteiger partial charge in [-0.2, -0.15) is 4.98 Å². The van der Waals surface area contributed by atoms with Crippen LogP contribution < -0.4 is 11.4 Å². The quantitative estimate of drug-likeness (QED) is 0.619. The minimum absolute atomic E-state index is 0.238. The molecule has 1 saturated heterocycles. The Morgan fingerprint density at radius 3 is 2.70 bits per heavy atom. The molecule has 0 bridgehead atoms. The summed E-state index contributed by atoms with van der Waals surface area (Å²) >= 11 is 2.08. The molecule has 3 rings (SSSR count). The summed E-state index contributed by atoms with van der Waals surface area (Å²) in [6.45, 7) is 3.48. The van der Waals surface area contributed by atoms with Crippen molar-refractivity contribution in [2.45, 2.75) is 51.1 Å². The summed E-state index contributed by atoms with van der Waals surface area (Å²) in [6.07, 6.45) is 7.11. The van der Waals surface area contributed by atoms with Gasteiger partial charge in [-0.25, -0.2) is 4.79 Å². The highest BCUT2D eigenvalue weighted by Gasteiger charge is 2.30. The molecule has 1 aromatic heterocycles. The van der Waals surface area contributed by atoms with Crippen molar-refractivity contribution in [2.24, 2.45) is 0 Å². The molecule has 1 aromatic carbocycles. The van der Waals surface area contributed by atoms with Crippen LogP contribution in [0.2, 0.25) is 0 Å². The van der Waals surface area contributed by atoms with E-state index in [-0.39, 0.29) is 18.1 Å². The van der Waals surface area contributed by atoms with Crippen LogP contribution in [0.25, 0.3) is 5.69 Å². The van der Waals surface area contributed by atoms with Crippen LogP contribution in [0.1, 0.15) is 50.6 Å². The third-order valence-electron chi connectivity index (χ3n) is 5.29. The first-order chi connectivity index (χ1) is 13.0. The van der Waals surface area contributed by atoms with Crippen LogP contribution in [0.3, 0.4) is 0 Å². The second-order valence-corrected chi connectivity index (χ2v) is 8.23. The molecule has 2 atom stereocenters. The molecule has 0 spiro atoms. The maximum Gasteiger partial charge on any atom is 0.354 e. The number of piperidine rings is 1. The van der Waals surface area contributed by atoms with Gasteiger partial charge in [0.1, 0.15) is 5.82 Å². The lowest BCUT2D eigenvalue weighted by atomic mass is 9.89. The van der Waals surface area contributed by atoms with Gasteiger partial charge >= 0.3 is 5.69 Å². The van der Waals surface area contributed by atoms with Crippen molar-refractivity contribution in [3.63, 3.8) is 0 Å². The maximum absolute atomic E-state index is 12.2. The highest BCUT2D eigenvalue weighted by molar-refractivity contribution is 14.1. The zero-order valence-electron chi connectivity index (χ0n) is 15.6. The van der Waals surface area contributed by atoms with Crippen molar-refractivity contribution >= 4 is 28.4 Å². The molecule has 0 saturated carbocycles. The van der Waals surface area contributed by atoms with E-state index < -0.39 is 0 Å². The van der Waals surface area contributed by atoms with Gasteiger partial charge in [-0.3, -0.25) is 9.47 Å². The molecule has 2 heterocycles. The van der Waals surface area contributed by atoms with Crippen LogP contribution >= 0.6 is 22.6 Å². The van der Waals surface area contributed by atoms with E-state index in [0.29, 0.717) is 12.1 Å². The predicted molar refractivity (Wildman–Crippen MR) is 116 cm³/mol. The van der Waals surface area contributed by atoms with Crippen molar-refractivity contribution < 1.29 is 5.11 Å². The van der Waals surface area contributed by atoms with Gasteiger partial charge in [0.15, 0.2) is 0 Å². The van der Waals surface area contributed by atoms with Gasteiger partial charge in [-0.1, -0.05) is 19.1 Å². The first kappa shape index (κ1) is 20.3. The number of rotatable bonds is 6. The van der Waals surface area contributed by atoms with Crippen molar-refractivity contribution in [3.8, 4) is 5.69 Å². The molecule has 6 nitrogen and oxygen atoms in total. The average Bonchev–Trinajstić information content (AvgIpc) is 2.67. The summed E-state index contributed by atoms with van der Waals surface area (Å²) in [5.41, 5.74) is 7.40. The standard InChI is InChI=1S/C20H27IN4O2/c1-2-11-24-15(10-12-26)4-3-5-18(24)14-6-8-16(9-7-14)25-13-17(21)19(22)23-20(25)27/h6-9,13,15,18,26H,2-5,10-12H2,1H3,(H2,22,23,27). The first-order valence-corrected chi connectivity index (χ1v) is 10.6. The summed E-state index contributed by atoms with van der Waals surface area (Å²) in [4.78, 5) is 18.6. The van der Waals surface area contributed by atoms with Crippen molar-refractivity contribution in [3.05, 3.63) is 50.1 Å². The van der Waals surface area contributed by atoms with Gasteiger partial charge in [-0.15, -0.1) is 0 Å². The number of nitrogen functional groups attached to an aromatic ring is 1. The van der Waals surface area contributed by atoms with E-state index in [4.69, 9.17) is 5.73 Å². The van der Waals surface area contributed by atoms with E-state index in [2.05, 4.69) is 51.5 Å². The monoisotopic (exact) mass is 482 g/mol. The SMILES string of the molecule is CCCN1C(CCO)CCCC1c1ccc(-n2cc(I)c(N)nc2=O)cc1. The normalized spacial score (nSPS) is 20.7. The van der Waals surface area contributed by atoms with Gasteiger partial charge in [0.05, 0.1) is 9.26 Å². The molecule has 2 unspecified atom stereocenters. The van der Waals surface area contributed by atoms with E-state index in [1.54, 1.807) is 6.20 Å². The molecule has 0 amide bonds. The molecular formula is C20H27IN4O2. The van der Waals surface area contributed by atoms with Crippen LogP contribution in [0.5, 0.6) is 0 Å². The fourth-order valence-electron chi connectivity index (χ4n) is 4.03. The zero-order chi connectivity index (χ0) is 19.4. The minimum atomic E-state index is -0.367. The number of benzene rings is 1. The van der Waals surface area contributed by atoms with Gasteiger partial charge in [0.2, 0.25) is 0 Å². The van der Waals surface area contributed by atoms with Crippen LogP contribution in [0, 0.1) is 3.57 Å². The Bertz CT molecular complexity index is 820. The van der Waals surface area contributed by atoms with Gasteiger partial charge in [-0.05, 0) is 78.9 Å². The molecule has 146 valence electrons. The average molecular weight is 482 g/mol. The Morgan fingerprint density at radius 2 is 2.04 bits per heavy atom. The lowest BCUT2D eigenvalue weighted by Crippen LogP contribution is -2.42. The molecule has 0 aliphatic carbocycles. The molecule has 0 radical (unpaired) electrons. The van der Waals surface area contributed by atoms with Gasteiger partial charge < -0.3 is 10.8 Å². The van der Waals surface area contributed by atoms with Crippen LogP contribution in [0.4, 0.5) is 5.82 Å². The fourth-order valence-corrected chi connectivity index (χ4v) is 4.43. The van der Waals surface area contributed by atoms with E-state index in [9.17, 15) is 9.90 Å². The number of aliphatic hydroxyl groups excluding tert-OH is 1. The third kappa shape index (κ3) is 4.52. The van der Waals surface area contributed by atoms with Crippen LogP contribution in [0.15, 0.2) is 35.3 Å². The van der Waals surface area contributed by atoms with Crippen LogP contribution in [-0.4, -0.2) is 38.8 Å². The van der Waals surface area contributed by atoms with E-state index in [0.717, 1.165) is 41.5 Å². The Balaban J connectivity index is 1.87. The second kappa shape index (κ2) is 9.16. The molecule has 3 N–H and O–H groups in total. The highest BCUT2D eigenvalue weighted by atomic mass is 127. The van der Waals surface area contributed by atoms with Gasteiger partial charge in [0.25, 0.3) is 0 Å². The van der Waals surface area contributed by atoms with E-state index in [1.807, 2.05) is 12.1 Å². The summed E-state index contributed by atoms with van der Waals surface area (Å²) in [5.74, 6) is 0.265. The van der Waals surface area contributed by atoms with Crippen molar-refractivity contribution in [2.75, 3.05) is 18.9 Å². The summed E-state index contributed by atoms with van der Waals surface area (Å²) in [7, 11) is 0. The Labute approximate surface area is 173 Å². The molecule has 27 heavy (non-hydrogen) atoms. The van der Waals surface area contributed by atoms with Gasteiger partial charge in [0, 0.05) is 24.9 Å². The number of anilines is 1. The molecule has 7 heteroatoms. The third-order valence-corrected chi connectivity index (χ3v) is 6.12. The Morgan fingerprint density at radius 1 is 1.30 bits per heavy atom. The summed E-state index contributed by atoms with van der Waals surface area (Å²) in [6, 6.07) is 8.98. The smallest absolute Gasteiger partial charge is 0.354 e. The fraction of sp³-hybridized carbons (Fsp3) is 0.500. The molecule has 2 aromatic rings. The largest absolute Gasteiger partial charge is 0.396 e. The number of aliphatic hydroxyl groups is 1. The first-order valence-electron chi connectivity index (χ1n) is 9.56. The molecular weight excluding hydrogens is 455 g/mol. The number of hydrogen-bond donors (Lipinski definition) is 2. The number of nitrogens with zero attached hydrogens (tertiary/aromatic N) is 3. The topological polar surface area (TPSA) is 84.4 Å². The number of hydrogen-bond acceptors (Lipinski definition) is 5. The summed E-state index contributed by atoms with van der Waals surface area (Å²) in [5, 5.41) is 9.42. The summed E-state index contributed by atoms with van der Waals surface area (Å²) < 4.78 is 2.28. The number of aromatic nitrogens is 2.